The molecular formula is C17H28BrN3. The number of anilines is 1. The molecule has 3 nitrogen and oxygen atoms in total. The van der Waals surface area contributed by atoms with Crippen LogP contribution in [0.25, 0.3) is 0 Å². The minimum Gasteiger partial charge on any atom is -0.356 e. The maximum atomic E-state index is 4.70. The van der Waals surface area contributed by atoms with Gasteiger partial charge in [-0.2, -0.15) is 0 Å². The van der Waals surface area contributed by atoms with Gasteiger partial charge in [-0.25, -0.2) is 4.98 Å². The Balaban J connectivity index is 2.15. The molecule has 21 heavy (non-hydrogen) atoms. The van der Waals surface area contributed by atoms with Gasteiger partial charge in [0, 0.05) is 41.4 Å². The number of nitrogens with one attached hydrogen (secondary N) is 1. The number of pyridine rings is 1. The van der Waals surface area contributed by atoms with E-state index in [-0.39, 0.29) is 5.54 Å². The average Bonchev–Trinajstić information content (AvgIpc) is 2.36. The number of hydrogen-bond donors (Lipinski definition) is 1. The lowest BCUT2D eigenvalue weighted by Gasteiger charge is -2.33. The van der Waals surface area contributed by atoms with E-state index < -0.39 is 0 Å². The van der Waals surface area contributed by atoms with Gasteiger partial charge in [-0.15, -0.1) is 0 Å². The maximum Gasteiger partial charge on any atom is 0.133 e. The van der Waals surface area contributed by atoms with Gasteiger partial charge in [-0.05, 0) is 68.5 Å². The van der Waals surface area contributed by atoms with E-state index in [0.717, 1.165) is 35.8 Å². The quantitative estimate of drug-likeness (QED) is 0.823. The molecule has 1 aliphatic carbocycles. The molecule has 0 bridgehead atoms. The highest BCUT2D eigenvalue weighted by Gasteiger charge is 2.22. The van der Waals surface area contributed by atoms with Crippen LogP contribution >= 0.6 is 15.9 Å². The van der Waals surface area contributed by atoms with Crippen LogP contribution in [-0.2, 0) is 6.54 Å². The molecule has 4 heteroatoms. The molecule has 1 aliphatic rings. The zero-order valence-electron chi connectivity index (χ0n) is 13.7. The van der Waals surface area contributed by atoms with Crippen molar-refractivity contribution in [2.24, 2.45) is 5.92 Å². The van der Waals surface area contributed by atoms with Gasteiger partial charge in [0.25, 0.3) is 0 Å². The van der Waals surface area contributed by atoms with Crippen LogP contribution in [0.3, 0.4) is 0 Å². The van der Waals surface area contributed by atoms with E-state index in [1.54, 1.807) is 0 Å². The maximum absolute atomic E-state index is 4.70. The summed E-state index contributed by atoms with van der Waals surface area (Å²) in [5.41, 5.74) is 1.39. The van der Waals surface area contributed by atoms with Gasteiger partial charge in [-0.3, -0.25) is 0 Å². The summed E-state index contributed by atoms with van der Waals surface area (Å²) in [6.07, 6.45) is 6.07. The second kappa shape index (κ2) is 7.10. The monoisotopic (exact) mass is 353 g/mol. The molecule has 0 saturated heterocycles. The van der Waals surface area contributed by atoms with E-state index in [1.165, 1.54) is 24.8 Å². The van der Waals surface area contributed by atoms with Gasteiger partial charge < -0.3 is 10.2 Å². The zero-order valence-corrected chi connectivity index (χ0v) is 15.3. The molecule has 0 spiro atoms. The highest BCUT2D eigenvalue weighted by atomic mass is 79.9. The lowest BCUT2D eigenvalue weighted by Crippen LogP contribution is -2.37. The summed E-state index contributed by atoms with van der Waals surface area (Å²) in [5, 5.41) is 3.58. The minimum absolute atomic E-state index is 0.116. The molecule has 1 fully saturated rings. The first-order chi connectivity index (χ1) is 9.89. The average molecular weight is 354 g/mol. The lowest BCUT2D eigenvalue weighted by molar-refractivity contribution is 0.317. The Bertz CT molecular complexity index is 464. The molecule has 1 N–H and O–H groups in total. The van der Waals surface area contributed by atoms with E-state index in [1.807, 2.05) is 6.20 Å². The number of rotatable bonds is 6. The standard InChI is InChI=1S/C17H28BrN3/c1-5-21(12-13-7-6-8-13)16-14(9-15(18)11-19-16)10-20-17(2,3)4/h9,11,13,20H,5-8,10,12H2,1-4H3. The fourth-order valence-corrected chi connectivity index (χ4v) is 2.98. The van der Waals surface area contributed by atoms with Crippen molar-refractivity contribution >= 4 is 21.7 Å². The molecule has 118 valence electrons. The van der Waals surface area contributed by atoms with E-state index >= 15 is 0 Å². The topological polar surface area (TPSA) is 28.2 Å². The van der Waals surface area contributed by atoms with Gasteiger partial charge in [0.2, 0.25) is 0 Å². The molecular weight excluding hydrogens is 326 g/mol. The van der Waals surface area contributed by atoms with Crippen LogP contribution in [0.2, 0.25) is 0 Å². The van der Waals surface area contributed by atoms with Crippen molar-refractivity contribution in [3.63, 3.8) is 0 Å². The third kappa shape index (κ3) is 4.96. The Labute approximate surface area is 137 Å². The van der Waals surface area contributed by atoms with Crippen LogP contribution in [0.1, 0.15) is 52.5 Å². The van der Waals surface area contributed by atoms with E-state index in [9.17, 15) is 0 Å². The molecule has 0 radical (unpaired) electrons. The molecule has 0 amide bonds. The number of halogens is 1. The fraction of sp³-hybridized carbons (Fsp3) is 0.706. The first-order valence-electron chi connectivity index (χ1n) is 8.03. The lowest BCUT2D eigenvalue weighted by atomic mass is 9.85. The smallest absolute Gasteiger partial charge is 0.133 e. The summed E-state index contributed by atoms with van der Waals surface area (Å²) in [4.78, 5) is 7.14. The molecule has 0 aliphatic heterocycles. The van der Waals surface area contributed by atoms with E-state index in [0.29, 0.717) is 0 Å². The normalized spacial score (nSPS) is 15.9. The molecule has 2 rings (SSSR count). The minimum atomic E-state index is 0.116. The summed E-state index contributed by atoms with van der Waals surface area (Å²) in [6, 6.07) is 2.20. The van der Waals surface area contributed by atoms with Gasteiger partial charge in [0.1, 0.15) is 5.82 Å². The predicted molar refractivity (Wildman–Crippen MR) is 93.8 cm³/mol. The Kier molecular flexibility index (Phi) is 5.67. The van der Waals surface area contributed by atoms with Gasteiger partial charge in [0.15, 0.2) is 0 Å². The van der Waals surface area contributed by atoms with Gasteiger partial charge in [0.05, 0.1) is 0 Å². The molecule has 1 heterocycles. The van der Waals surface area contributed by atoms with Crippen LogP contribution in [0.15, 0.2) is 16.7 Å². The third-order valence-corrected chi connectivity index (χ3v) is 4.54. The summed E-state index contributed by atoms with van der Waals surface area (Å²) < 4.78 is 1.05. The van der Waals surface area contributed by atoms with Crippen LogP contribution in [0.5, 0.6) is 0 Å². The second-order valence-corrected chi connectivity index (χ2v) is 7.99. The first kappa shape index (κ1) is 16.8. The van der Waals surface area contributed by atoms with Crippen molar-refractivity contribution in [1.29, 1.82) is 0 Å². The van der Waals surface area contributed by atoms with Crippen molar-refractivity contribution < 1.29 is 0 Å². The molecule has 0 unspecified atom stereocenters. The Morgan fingerprint density at radius 1 is 1.38 bits per heavy atom. The predicted octanol–water partition coefficient (Wildman–Crippen LogP) is 4.36. The van der Waals surface area contributed by atoms with Crippen LogP contribution in [-0.4, -0.2) is 23.6 Å². The van der Waals surface area contributed by atoms with Crippen LogP contribution < -0.4 is 10.2 Å². The summed E-state index contributed by atoms with van der Waals surface area (Å²) in [5.74, 6) is 2.00. The molecule has 0 atom stereocenters. The molecule has 0 aromatic carbocycles. The largest absolute Gasteiger partial charge is 0.356 e. The van der Waals surface area contributed by atoms with Crippen molar-refractivity contribution in [1.82, 2.24) is 10.3 Å². The number of aromatic nitrogens is 1. The van der Waals surface area contributed by atoms with Crippen molar-refractivity contribution in [3.8, 4) is 0 Å². The highest BCUT2D eigenvalue weighted by molar-refractivity contribution is 9.10. The summed E-state index contributed by atoms with van der Waals surface area (Å²) in [7, 11) is 0. The summed E-state index contributed by atoms with van der Waals surface area (Å²) in [6.45, 7) is 11.8. The highest BCUT2D eigenvalue weighted by Crippen LogP contribution is 2.30. The van der Waals surface area contributed by atoms with Crippen molar-refractivity contribution in [3.05, 3.63) is 22.3 Å². The second-order valence-electron chi connectivity index (χ2n) is 7.08. The zero-order chi connectivity index (χ0) is 15.5. The molecule has 1 aromatic heterocycles. The van der Waals surface area contributed by atoms with Crippen LogP contribution in [0.4, 0.5) is 5.82 Å². The first-order valence-corrected chi connectivity index (χ1v) is 8.82. The van der Waals surface area contributed by atoms with Gasteiger partial charge >= 0.3 is 0 Å². The SMILES string of the molecule is CCN(CC1CCC1)c1ncc(Br)cc1CNC(C)(C)C. The number of hydrogen-bond acceptors (Lipinski definition) is 3. The number of nitrogens with zero attached hydrogens (tertiary/aromatic N) is 2. The van der Waals surface area contributed by atoms with Gasteiger partial charge in [-0.1, -0.05) is 6.42 Å². The van der Waals surface area contributed by atoms with E-state index in [4.69, 9.17) is 4.98 Å². The van der Waals surface area contributed by atoms with Crippen molar-refractivity contribution in [2.45, 2.75) is 59.0 Å². The Hall–Kier alpha value is -0.610. The summed E-state index contributed by atoms with van der Waals surface area (Å²) >= 11 is 3.55. The molecule has 1 aromatic rings. The fourth-order valence-electron chi connectivity index (χ4n) is 2.60. The Morgan fingerprint density at radius 3 is 2.62 bits per heavy atom. The molecule has 1 saturated carbocycles. The third-order valence-electron chi connectivity index (χ3n) is 4.10. The Morgan fingerprint density at radius 2 is 2.10 bits per heavy atom. The van der Waals surface area contributed by atoms with Crippen LogP contribution in [0, 0.1) is 5.92 Å². The van der Waals surface area contributed by atoms with E-state index in [2.05, 4.69) is 59.9 Å². The van der Waals surface area contributed by atoms with Crippen molar-refractivity contribution in [2.75, 3.05) is 18.0 Å².